The molecule has 2 aromatic carbocycles. The Balaban J connectivity index is 1.94. The van der Waals surface area contributed by atoms with Crippen LogP contribution in [0.25, 0.3) is 0 Å². The third-order valence-corrected chi connectivity index (χ3v) is 5.46. The maximum Gasteiger partial charge on any atom is 0.231 e. The number of benzene rings is 2. The van der Waals surface area contributed by atoms with Gasteiger partial charge in [-0.1, -0.05) is 74.5 Å². The summed E-state index contributed by atoms with van der Waals surface area (Å²) in [7, 11) is 0. The number of amides is 2. The summed E-state index contributed by atoms with van der Waals surface area (Å²) in [4.78, 5) is 24.5. The molecule has 0 radical (unpaired) electrons. The lowest BCUT2D eigenvalue weighted by atomic mass is 9.73. The Morgan fingerprint density at radius 3 is 1.92 bits per heavy atom. The monoisotopic (exact) mass is 335 g/mol. The summed E-state index contributed by atoms with van der Waals surface area (Å²) in [6, 6.07) is 20.6. The maximum absolute atomic E-state index is 12.5. The Hall–Kier alpha value is -2.42. The first-order valence-electron chi connectivity index (χ1n) is 9.06. The van der Waals surface area contributed by atoms with Crippen molar-refractivity contribution in [3.05, 3.63) is 71.8 Å². The molecule has 1 aliphatic heterocycles. The highest BCUT2D eigenvalue weighted by atomic mass is 16.2. The molecule has 0 aromatic heterocycles. The molecule has 1 fully saturated rings. The summed E-state index contributed by atoms with van der Waals surface area (Å²) in [5, 5.41) is 2.52. The van der Waals surface area contributed by atoms with E-state index in [-0.39, 0.29) is 29.6 Å². The van der Waals surface area contributed by atoms with E-state index in [2.05, 4.69) is 48.6 Å². The van der Waals surface area contributed by atoms with Crippen molar-refractivity contribution in [2.75, 3.05) is 0 Å². The molecule has 0 spiro atoms. The van der Waals surface area contributed by atoms with Crippen LogP contribution in [-0.2, 0) is 9.59 Å². The van der Waals surface area contributed by atoms with Gasteiger partial charge in [-0.3, -0.25) is 14.9 Å². The summed E-state index contributed by atoms with van der Waals surface area (Å²) >= 11 is 0. The van der Waals surface area contributed by atoms with Crippen LogP contribution in [0, 0.1) is 11.8 Å². The first-order valence-corrected chi connectivity index (χ1v) is 9.06. The highest BCUT2D eigenvalue weighted by Gasteiger charge is 2.44. The molecule has 3 nitrogen and oxygen atoms in total. The third-order valence-electron chi connectivity index (χ3n) is 5.46. The predicted octanol–water partition coefficient (Wildman–Crippen LogP) is 4.26. The summed E-state index contributed by atoms with van der Waals surface area (Å²) in [6.07, 6.45) is 1.87. The van der Waals surface area contributed by atoms with Crippen molar-refractivity contribution in [3.63, 3.8) is 0 Å². The number of hydrogen-bond acceptors (Lipinski definition) is 2. The van der Waals surface area contributed by atoms with Crippen LogP contribution in [0.3, 0.4) is 0 Å². The Kier molecular flexibility index (Phi) is 5.32. The molecular formula is C22H25NO2. The largest absolute Gasteiger partial charge is 0.296 e. The smallest absolute Gasteiger partial charge is 0.231 e. The Labute approximate surface area is 149 Å². The SMILES string of the molecule is CCC(CC(c1ccccc1)C1C(=O)NC(=O)C1C)c1ccccc1. The van der Waals surface area contributed by atoms with E-state index in [1.54, 1.807) is 0 Å². The molecule has 25 heavy (non-hydrogen) atoms. The van der Waals surface area contributed by atoms with Gasteiger partial charge in [0.2, 0.25) is 11.8 Å². The van der Waals surface area contributed by atoms with Crippen molar-refractivity contribution >= 4 is 11.8 Å². The quantitative estimate of drug-likeness (QED) is 0.802. The Morgan fingerprint density at radius 2 is 1.44 bits per heavy atom. The molecule has 1 heterocycles. The molecule has 4 atom stereocenters. The standard InChI is InChI=1S/C22H25NO2/c1-3-16(17-10-6-4-7-11-17)14-19(18-12-8-5-9-13-18)20-15(2)21(24)23-22(20)25/h4-13,15-16,19-20H,3,14H2,1-2H3,(H,23,24,25). The molecule has 0 aliphatic carbocycles. The van der Waals surface area contributed by atoms with Gasteiger partial charge in [0.05, 0.1) is 5.92 Å². The lowest BCUT2D eigenvalue weighted by molar-refractivity contribution is -0.126. The molecule has 0 bridgehead atoms. The van der Waals surface area contributed by atoms with Gasteiger partial charge in [0.1, 0.15) is 0 Å². The molecule has 130 valence electrons. The van der Waals surface area contributed by atoms with Crippen LogP contribution in [0.15, 0.2) is 60.7 Å². The van der Waals surface area contributed by atoms with Gasteiger partial charge in [0, 0.05) is 5.92 Å². The lowest BCUT2D eigenvalue weighted by Gasteiger charge is -2.28. The van der Waals surface area contributed by atoms with Crippen molar-refractivity contribution in [2.24, 2.45) is 11.8 Å². The number of rotatable bonds is 6. The lowest BCUT2D eigenvalue weighted by Crippen LogP contribution is -2.27. The van der Waals surface area contributed by atoms with Crippen molar-refractivity contribution in [2.45, 2.75) is 38.5 Å². The fourth-order valence-electron chi connectivity index (χ4n) is 4.00. The van der Waals surface area contributed by atoms with Crippen LogP contribution in [-0.4, -0.2) is 11.8 Å². The molecule has 2 amide bonds. The van der Waals surface area contributed by atoms with Crippen LogP contribution in [0.1, 0.15) is 49.7 Å². The second kappa shape index (κ2) is 7.64. The fourth-order valence-corrected chi connectivity index (χ4v) is 4.00. The highest BCUT2D eigenvalue weighted by molar-refractivity contribution is 6.05. The summed E-state index contributed by atoms with van der Waals surface area (Å²) in [5.41, 5.74) is 2.43. The van der Waals surface area contributed by atoms with E-state index in [0.29, 0.717) is 5.92 Å². The van der Waals surface area contributed by atoms with Gasteiger partial charge >= 0.3 is 0 Å². The zero-order valence-electron chi connectivity index (χ0n) is 14.8. The second-order valence-corrected chi connectivity index (χ2v) is 6.94. The molecule has 4 unspecified atom stereocenters. The topological polar surface area (TPSA) is 46.2 Å². The summed E-state index contributed by atoms with van der Waals surface area (Å²) < 4.78 is 0. The fraction of sp³-hybridized carbons (Fsp3) is 0.364. The second-order valence-electron chi connectivity index (χ2n) is 6.94. The van der Waals surface area contributed by atoms with E-state index in [1.165, 1.54) is 5.56 Å². The average Bonchev–Trinajstić information content (AvgIpc) is 2.90. The minimum Gasteiger partial charge on any atom is -0.296 e. The van der Waals surface area contributed by atoms with E-state index in [0.717, 1.165) is 18.4 Å². The van der Waals surface area contributed by atoms with Crippen LogP contribution in [0.5, 0.6) is 0 Å². The first-order chi connectivity index (χ1) is 12.1. The molecular weight excluding hydrogens is 310 g/mol. The number of carbonyl (C=O) groups excluding carboxylic acids is 2. The van der Waals surface area contributed by atoms with Crippen molar-refractivity contribution in [3.8, 4) is 0 Å². The van der Waals surface area contributed by atoms with Crippen LogP contribution < -0.4 is 5.32 Å². The van der Waals surface area contributed by atoms with Crippen molar-refractivity contribution < 1.29 is 9.59 Å². The van der Waals surface area contributed by atoms with E-state index in [4.69, 9.17) is 0 Å². The van der Waals surface area contributed by atoms with Crippen LogP contribution in [0.2, 0.25) is 0 Å². The van der Waals surface area contributed by atoms with Gasteiger partial charge in [-0.2, -0.15) is 0 Å². The first kappa shape index (κ1) is 17.4. The van der Waals surface area contributed by atoms with Gasteiger partial charge < -0.3 is 0 Å². The predicted molar refractivity (Wildman–Crippen MR) is 99.1 cm³/mol. The molecule has 1 aliphatic rings. The zero-order valence-corrected chi connectivity index (χ0v) is 14.8. The van der Waals surface area contributed by atoms with Crippen molar-refractivity contribution in [1.29, 1.82) is 0 Å². The highest BCUT2D eigenvalue weighted by Crippen LogP contribution is 2.41. The Bertz CT molecular complexity index is 726. The van der Waals surface area contributed by atoms with E-state index in [9.17, 15) is 9.59 Å². The average molecular weight is 335 g/mol. The maximum atomic E-state index is 12.5. The molecule has 3 heteroatoms. The normalized spacial score (nSPS) is 22.5. The minimum atomic E-state index is -0.298. The van der Waals surface area contributed by atoms with Gasteiger partial charge in [-0.15, -0.1) is 0 Å². The van der Waals surface area contributed by atoms with Crippen LogP contribution in [0.4, 0.5) is 0 Å². The third kappa shape index (κ3) is 3.65. The molecule has 1 N–H and O–H groups in total. The van der Waals surface area contributed by atoms with Gasteiger partial charge in [0.15, 0.2) is 0 Å². The zero-order chi connectivity index (χ0) is 17.8. The summed E-state index contributed by atoms with van der Waals surface area (Å²) in [6.45, 7) is 4.05. The number of nitrogens with one attached hydrogen (secondary N) is 1. The minimum absolute atomic E-state index is 0.0350. The Morgan fingerprint density at radius 1 is 0.880 bits per heavy atom. The molecule has 0 saturated carbocycles. The van der Waals surface area contributed by atoms with E-state index in [1.807, 2.05) is 31.2 Å². The molecule has 2 aromatic rings. The van der Waals surface area contributed by atoms with Gasteiger partial charge in [-0.05, 0) is 35.8 Å². The van der Waals surface area contributed by atoms with Gasteiger partial charge in [0.25, 0.3) is 0 Å². The number of carbonyl (C=O) groups is 2. The summed E-state index contributed by atoms with van der Waals surface area (Å²) in [5.74, 6) is -0.466. The number of imide groups is 1. The number of hydrogen-bond donors (Lipinski definition) is 1. The van der Waals surface area contributed by atoms with Crippen molar-refractivity contribution in [1.82, 2.24) is 5.32 Å². The van der Waals surface area contributed by atoms with Gasteiger partial charge in [-0.25, -0.2) is 0 Å². The van der Waals surface area contributed by atoms with E-state index >= 15 is 0 Å². The molecule has 1 saturated heterocycles. The van der Waals surface area contributed by atoms with E-state index < -0.39 is 0 Å². The molecule has 3 rings (SSSR count). The van der Waals surface area contributed by atoms with Crippen LogP contribution >= 0.6 is 0 Å².